The van der Waals surface area contributed by atoms with Crippen LogP contribution >= 0.6 is 12.2 Å². The molecule has 158 valence electrons. The van der Waals surface area contributed by atoms with Gasteiger partial charge in [-0.15, -0.1) is 0 Å². The molecule has 2 aliphatic rings. The summed E-state index contributed by atoms with van der Waals surface area (Å²) in [6.07, 6.45) is 3.83. The molecule has 0 unspecified atom stereocenters. The van der Waals surface area contributed by atoms with Crippen molar-refractivity contribution in [3.8, 4) is 11.4 Å². The van der Waals surface area contributed by atoms with Gasteiger partial charge < -0.3 is 20.2 Å². The van der Waals surface area contributed by atoms with E-state index in [1.54, 1.807) is 6.20 Å². The minimum atomic E-state index is -0.379. The molecule has 2 aromatic heterocycles. The minimum absolute atomic E-state index is 0.218. The van der Waals surface area contributed by atoms with Gasteiger partial charge in [0.05, 0.1) is 16.8 Å². The van der Waals surface area contributed by atoms with Crippen LogP contribution in [-0.2, 0) is 0 Å². The Labute approximate surface area is 177 Å². The summed E-state index contributed by atoms with van der Waals surface area (Å²) < 4.78 is 18.6. The number of nitrogens with one attached hydrogen (secondary N) is 1. The highest BCUT2D eigenvalue weighted by Crippen LogP contribution is 2.39. The summed E-state index contributed by atoms with van der Waals surface area (Å²) in [5.41, 5.74) is 1.32. The lowest BCUT2D eigenvalue weighted by molar-refractivity contribution is 0.270. The fourth-order valence-corrected chi connectivity index (χ4v) is 4.35. The first-order chi connectivity index (χ1) is 14.5. The Morgan fingerprint density at radius 1 is 1.27 bits per heavy atom. The van der Waals surface area contributed by atoms with Gasteiger partial charge in [0.25, 0.3) is 0 Å². The van der Waals surface area contributed by atoms with Gasteiger partial charge in [0, 0.05) is 43.8 Å². The molecule has 5 rings (SSSR count). The molecular formula is C20H24FN7OS. The van der Waals surface area contributed by atoms with Gasteiger partial charge in [0.1, 0.15) is 5.82 Å². The van der Waals surface area contributed by atoms with E-state index in [0.717, 1.165) is 51.1 Å². The van der Waals surface area contributed by atoms with Crippen LogP contribution < -0.4 is 16.2 Å². The molecule has 0 atom stereocenters. The number of fused-ring (bicyclic) bond motifs is 1. The topological polar surface area (TPSA) is 88.1 Å². The van der Waals surface area contributed by atoms with E-state index in [1.165, 1.54) is 10.7 Å². The third-order valence-electron chi connectivity index (χ3n) is 6.15. The zero-order valence-electron chi connectivity index (χ0n) is 16.8. The van der Waals surface area contributed by atoms with E-state index in [2.05, 4.69) is 31.5 Å². The van der Waals surface area contributed by atoms with Crippen molar-refractivity contribution in [2.24, 2.45) is 0 Å². The van der Waals surface area contributed by atoms with Crippen LogP contribution in [0.1, 0.15) is 25.8 Å². The van der Waals surface area contributed by atoms with Crippen molar-refractivity contribution in [1.29, 1.82) is 0 Å². The molecule has 2 fully saturated rings. The third kappa shape index (κ3) is 3.10. The highest BCUT2D eigenvalue weighted by atomic mass is 32.1. The average Bonchev–Trinajstić information content (AvgIpc) is 3.55. The second-order valence-electron chi connectivity index (χ2n) is 7.97. The Kier molecular flexibility index (Phi) is 4.62. The summed E-state index contributed by atoms with van der Waals surface area (Å²) in [5, 5.41) is 7.04. The Hall–Kier alpha value is -2.72. The Morgan fingerprint density at radius 2 is 2.00 bits per heavy atom. The number of nitrogens with zero attached hydrogens (tertiary/aromatic N) is 5. The monoisotopic (exact) mass is 429 g/mol. The van der Waals surface area contributed by atoms with Gasteiger partial charge in [0.15, 0.2) is 5.82 Å². The standard InChI is InChI=1S/C20H24FN7OS/c1-2-25-5-7-26(8-6-25)17-10-16-13(9-15(17)21)18(29)14(11-27(16)12-3-4-12)19-23-24-20(30)28(19)22/h9-12H,2-8,22H2,1H3,(H,24,30). The molecular weight excluding hydrogens is 405 g/mol. The van der Waals surface area contributed by atoms with Crippen molar-refractivity contribution in [3.63, 3.8) is 0 Å². The molecule has 1 saturated carbocycles. The quantitative estimate of drug-likeness (QED) is 0.489. The molecule has 1 aliphatic heterocycles. The first-order valence-corrected chi connectivity index (χ1v) is 10.7. The number of aromatic nitrogens is 4. The largest absolute Gasteiger partial charge is 0.367 e. The van der Waals surface area contributed by atoms with Crippen molar-refractivity contribution in [3.05, 3.63) is 39.1 Å². The smallest absolute Gasteiger partial charge is 0.214 e. The van der Waals surface area contributed by atoms with Gasteiger partial charge >= 0.3 is 0 Å². The first kappa shape index (κ1) is 19.3. The Morgan fingerprint density at radius 3 is 2.60 bits per heavy atom. The van der Waals surface area contributed by atoms with Gasteiger partial charge in [-0.1, -0.05) is 6.92 Å². The lowest BCUT2D eigenvalue weighted by atomic mass is 10.1. The maximum Gasteiger partial charge on any atom is 0.214 e. The van der Waals surface area contributed by atoms with E-state index >= 15 is 4.39 Å². The van der Waals surface area contributed by atoms with Gasteiger partial charge in [-0.3, -0.25) is 4.79 Å². The molecule has 0 bridgehead atoms. The number of rotatable bonds is 4. The van der Waals surface area contributed by atoms with Crippen LogP contribution in [0.15, 0.2) is 23.1 Å². The number of aromatic amines is 1. The van der Waals surface area contributed by atoms with Gasteiger partial charge in [-0.25, -0.2) is 14.2 Å². The fourth-order valence-electron chi connectivity index (χ4n) is 4.21. The molecule has 3 aromatic rings. The number of hydrogen-bond acceptors (Lipinski definition) is 6. The van der Waals surface area contributed by atoms with E-state index in [4.69, 9.17) is 18.1 Å². The Balaban J connectivity index is 1.67. The molecule has 0 amide bonds. The van der Waals surface area contributed by atoms with Crippen LogP contribution in [0.25, 0.3) is 22.3 Å². The van der Waals surface area contributed by atoms with Crippen molar-refractivity contribution in [2.45, 2.75) is 25.8 Å². The predicted molar refractivity (Wildman–Crippen MR) is 117 cm³/mol. The SMILES string of the molecule is CCN1CCN(c2cc3c(cc2F)c(=O)c(-c2n[nH]c(=S)n2N)cn3C2CC2)CC1. The van der Waals surface area contributed by atoms with Crippen molar-refractivity contribution in [2.75, 3.05) is 43.5 Å². The van der Waals surface area contributed by atoms with E-state index in [0.29, 0.717) is 16.6 Å². The number of nitrogens with two attached hydrogens (primary N) is 1. The van der Waals surface area contributed by atoms with Gasteiger partial charge in [-0.05, 0) is 43.7 Å². The van der Waals surface area contributed by atoms with Crippen molar-refractivity contribution < 1.29 is 4.39 Å². The van der Waals surface area contributed by atoms with Crippen LogP contribution in [0.5, 0.6) is 0 Å². The highest BCUT2D eigenvalue weighted by molar-refractivity contribution is 7.71. The van der Waals surface area contributed by atoms with Crippen molar-refractivity contribution in [1.82, 2.24) is 24.3 Å². The summed E-state index contributed by atoms with van der Waals surface area (Å²) in [6.45, 7) is 6.48. The number of halogens is 1. The summed E-state index contributed by atoms with van der Waals surface area (Å²) in [4.78, 5) is 17.7. The average molecular weight is 430 g/mol. The second kappa shape index (κ2) is 7.21. The van der Waals surface area contributed by atoms with Crippen LogP contribution in [0, 0.1) is 10.6 Å². The second-order valence-corrected chi connectivity index (χ2v) is 8.36. The number of likely N-dealkylation sites (N-methyl/N-ethyl adjacent to an activating group) is 1. The third-order valence-corrected chi connectivity index (χ3v) is 6.43. The van der Waals surface area contributed by atoms with Crippen molar-refractivity contribution >= 4 is 28.8 Å². The number of hydrogen-bond donors (Lipinski definition) is 2. The van der Waals surface area contributed by atoms with E-state index in [-0.39, 0.29) is 27.9 Å². The molecule has 10 heteroatoms. The predicted octanol–water partition coefficient (Wildman–Crippen LogP) is 2.25. The molecule has 1 aromatic carbocycles. The minimum Gasteiger partial charge on any atom is -0.367 e. The van der Waals surface area contributed by atoms with E-state index < -0.39 is 0 Å². The van der Waals surface area contributed by atoms with E-state index in [1.807, 2.05) is 6.07 Å². The number of H-pyrrole nitrogens is 1. The van der Waals surface area contributed by atoms with Crippen LogP contribution in [0.4, 0.5) is 10.1 Å². The highest BCUT2D eigenvalue weighted by Gasteiger charge is 2.28. The number of piperazine rings is 1. The maximum absolute atomic E-state index is 15.2. The number of benzene rings is 1. The molecule has 0 radical (unpaired) electrons. The number of anilines is 1. The lowest BCUT2D eigenvalue weighted by Gasteiger charge is -2.35. The fraction of sp³-hybridized carbons (Fsp3) is 0.450. The summed E-state index contributed by atoms with van der Waals surface area (Å²) in [6, 6.07) is 3.48. The van der Waals surface area contributed by atoms with Crippen LogP contribution in [0.2, 0.25) is 0 Å². The normalized spacial score (nSPS) is 17.7. The van der Waals surface area contributed by atoms with Crippen LogP contribution in [0.3, 0.4) is 0 Å². The summed E-state index contributed by atoms with van der Waals surface area (Å²) in [7, 11) is 0. The molecule has 30 heavy (non-hydrogen) atoms. The van der Waals surface area contributed by atoms with Gasteiger partial charge in [-0.2, -0.15) is 5.10 Å². The molecule has 0 spiro atoms. The zero-order valence-corrected chi connectivity index (χ0v) is 17.6. The molecule has 3 N–H and O–H groups in total. The first-order valence-electron chi connectivity index (χ1n) is 10.3. The van der Waals surface area contributed by atoms with Gasteiger partial charge in [0.2, 0.25) is 10.2 Å². The molecule has 8 nitrogen and oxygen atoms in total. The van der Waals surface area contributed by atoms with E-state index in [9.17, 15) is 4.79 Å². The summed E-state index contributed by atoms with van der Waals surface area (Å²) >= 11 is 5.08. The number of pyridine rings is 1. The molecule has 3 heterocycles. The maximum atomic E-state index is 15.2. The Bertz CT molecular complexity index is 1230. The van der Waals surface area contributed by atoms with Crippen LogP contribution in [-0.4, -0.2) is 57.1 Å². The summed E-state index contributed by atoms with van der Waals surface area (Å²) in [5.74, 6) is 5.82. The lowest BCUT2D eigenvalue weighted by Crippen LogP contribution is -2.46. The zero-order chi connectivity index (χ0) is 21.0. The molecule has 1 saturated heterocycles. The molecule has 1 aliphatic carbocycles. The number of nitrogen functional groups attached to an aromatic ring is 1.